The van der Waals surface area contributed by atoms with Crippen molar-refractivity contribution in [2.45, 2.75) is 101 Å². The molecule has 2 saturated heterocycles. The minimum atomic E-state index is -1.10. The van der Waals surface area contributed by atoms with Crippen LogP contribution in [0.2, 0.25) is 0 Å². The number of carbonyl (C=O) groups is 1. The Morgan fingerprint density at radius 2 is 1.62 bits per heavy atom. The van der Waals surface area contributed by atoms with Crippen molar-refractivity contribution in [1.82, 2.24) is 19.8 Å². The molecular formula is C28H41N5O4. The van der Waals surface area contributed by atoms with Crippen LogP contribution in [-0.2, 0) is 4.79 Å². The van der Waals surface area contributed by atoms with Crippen LogP contribution in [0, 0.1) is 0 Å². The second-order valence-electron chi connectivity index (χ2n) is 11.0. The quantitative estimate of drug-likeness (QED) is 0.379. The third-order valence-corrected chi connectivity index (χ3v) is 8.71. The van der Waals surface area contributed by atoms with Crippen molar-refractivity contribution >= 4 is 22.8 Å². The minimum absolute atomic E-state index is 0.112. The predicted molar refractivity (Wildman–Crippen MR) is 144 cm³/mol. The normalized spacial score (nSPS) is 26.0. The maximum Gasteiger partial charge on any atom is 0.323 e. The lowest BCUT2D eigenvalue weighted by Gasteiger charge is -2.45. The van der Waals surface area contributed by atoms with Crippen LogP contribution in [0.15, 0.2) is 29.1 Å². The van der Waals surface area contributed by atoms with Crippen molar-refractivity contribution < 1.29 is 15.0 Å². The number of fused-ring (bicyclic) bond motifs is 3. The summed E-state index contributed by atoms with van der Waals surface area (Å²) in [5.74, 6) is -0.805. The number of carboxylic acids is 1. The molecule has 1 saturated carbocycles. The second kappa shape index (κ2) is 11.9. The molecule has 37 heavy (non-hydrogen) atoms. The Balaban J connectivity index is 1.34. The molecule has 202 valence electrons. The highest BCUT2D eigenvalue weighted by Gasteiger charge is 2.44. The zero-order valence-electron chi connectivity index (χ0n) is 21.6. The summed E-state index contributed by atoms with van der Waals surface area (Å²) in [4.78, 5) is 32.3. The van der Waals surface area contributed by atoms with E-state index in [1.165, 1.54) is 57.8 Å². The molecule has 5 rings (SSSR count). The molecule has 4 atom stereocenters. The smallest absolute Gasteiger partial charge is 0.323 e. The number of para-hydroxylation sites is 2. The number of aliphatic carboxylic acids is 1. The first-order valence-corrected chi connectivity index (χ1v) is 14.2. The van der Waals surface area contributed by atoms with E-state index in [0.29, 0.717) is 30.5 Å². The van der Waals surface area contributed by atoms with E-state index in [2.05, 4.69) is 20.5 Å². The van der Waals surface area contributed by atoms with Crippen molar-refractivity contribution in [3.8, 4) is 0 Å². The van der Waals surface area contributed by atoms with Gasteiger partial charge in [-0.3, -0.25) is 14.5 Å². The van der Waals surface area contributed by atoms with Gasteiger partial charge in [-0.25, -0.2) is 4.98 Å². The Kier molecular flexibility index (Phi) is 8.42. The second-order valence-corrected chi connectivity index (χ2v) is 11.0. The van der Waals surface area contributed by atoms with E-state index in [9.17, 15) is 14.7 Å². The Bertz CT molecular complexity index is 1120. The first-order valence-electron chi connectivity index (χ1n) is 14.2. The summed E-state index contributed by atoms with van der Waals surface area (Å²) >= 11 is 0. The topological polar surface area (TPSA) is 120 Å². The number of aliphatic hydroxyl groups is 1. The van der Waals surface area contributed by atoms with E-state index in [-0.39, 0.29) is 18.1 Å². The van der Waals surface area contributed by atoms with E-state index >= 15 is 0 Å². The van der Waals surface area contributed by atoms with Gasteiger partial charge in [0.25, 0.3) is 5.56 Å². The van der Waals surface area contributed by atoms with Crippen LogP contribution >= 0.6 is 0 Å². The van der Waals surface area contributed by atoms with Crippen molar-refractivity contribution in [2.24, 2.45) is 0 Å². The lowest BCUT2D eigenvalue weighted by molar-refractivity contribution is -0.140. The number of carboxylic acid groups (broad SMARTS) is 1. The third kappa shape index (κ3) is 5.68. The molecule has 4 N–H and O–H groups in total. The van der Waals surface area contributed by atoms with Crippen LogP contribution in [0.3, 0.4) is 0 Å². The SMILES string of the molecule is O=C(O)C(CO)NCCNc1nc2ccccc2n(C2C[C@H]3CC[C@@H](C2)N3C2CCCCCCC2)c1=O. The molecule has 3 fully saturated rings. The number of aliphatic hydroxyl groups excluding tert-OH is 1. The number of rotatable bonds is 9. The van der Waals surface area contributed by atoms with Gasteiger partial charge in [-0.15, -0.1) is 0 Å². The van der Waals surface area contributed by atoms with E-state index in [4.69, 9.17) is 5.11 Å². The van der Waals surface area contributed by atoms with Gasteiger partial charge in [-0.05, 0) is 50.7 Å². The number of hydrogen-bond donors (Lipinski definition) is 4. The highest BCUT2D eigenvalue weighted by atomic mass is 16.4. The average molecular weight is 512 g/mol. The van der Waals surface area contributed by atoms with E-state index < -0.39 is 18.6 Å². The lowest BCUT2D eigenvalue weighted by atomic mass is 9.89. The maximum atomic E-state index is 13.7. The number of benzene rings is 1. The molecule has 9 nitrogen and oxygen atoms in total. The Labute approximate surface area is 218 Å². The minimum Gasteiger partial charge on any atom is -0.480 e. The highest BCUT2D eigenvalue weighted by Crippen LogP contribution is 2.44. The van der Waals surface area contributed by atoms with Crippen LogP contribution in [0.4, 0.5) is 5.82 Å². The first-order chi connectivity index (χ1) is 18.1. The third-order valence-electron chi connectivity index (χ3n) is 8.71. The van der Waals surface area contributed by atoms with E-state index in [1.807, 2.05) is 28.8 Å². The van der Waals surface area contributed by atoms with Gasteiger partial charge in [0.1, 0.15) is 6.04 Å². The molecule has 3 aliphatic rings. The van der Waals surface area contributed by atoms with Gasteiger partial charge in [-0.1, -0.05) is 44.2 Å². The lowest BCUT2D eigenvalue weighted by Crippen LogP contribution is -2.50. The van der Waals surface area contributed by atoms with Gasteiger partial charge in [0.15, 0.2) is 5.82 Å². The van der Waals surface area contributed by atoms with Crippen LogP contribution in [0.5, 0.6) is 0 Å². The van der Waals surface area contributed by atoms with Gasteiger partial charge >= 0.3 is 5.97 Å². The summed E-state index contributed by atoms with van der Waals surface area (Å²) in [5.41, 5.74) is 1.55. The fourth-order valence-corrected chi connectivity index (χ4v) is 7.01. The van der Waals surface area contributed by atoms with Gasteiger partial charge in [0.2, 0.25) is 0 Å². The summed E-state index contributed by atoms with van der Waals surface area (Å²) in [6.07, 6.45) is 13.9. The van der Waals surface area contributed by atoms with E-state index in [1.54, 1.807) is 0 Å². The molecule has 2 aliphatic heterocycles. The van der Waals surface area contributed by atoms with Crippen molar-refractivity contribution in [1.29, 1.82) is 0 Å². The number of aromatic nitrogens is 2. The van der Waals surface area contributed by atoms with Gasteiger partial charge in [0, 0.05) is 37.3 Å². The average Bonchev–Trinajstić information content (AvgIpc) is 3.12. The monoisotopic (exact) mass is 511 g/mol. The van der Waals surface area contributed by atoms with Gasteiger partial charge in [-0.2, -0.15) is 0 Å². The summed E-state index contributed by atoms with van der Waals surface area (Å²) in [6.45, 7) is 0.128. The molecule has 2 bridgehead atoms. The molecule has 0 spiro atoms. The number of hydrogen-bond acceptors (Lipinski definition) is 7. The van der Waals surface area contributed by atoms with Crippen molar-refractivity contribution in [2.75, 3.05) is 25.0 Å². The summed E-state index contributed by atoms with van der Waals surface area (Å²) < 4.78 is 1.98. The largest absolute Gasteiger partial charge is 0.480 e. The Hall–Kier alpha value is -2.49. The number of piperidine rings is 1. The molecule has 2 unspecified atom stereocenters. The molecule has 2 aromatic rings. The molecule has 1 aliphatic carbocycles. The van der Waals surface area contributed by atoms with Crippen molar-refractivity contribution in [3.05, 3.63) is 34.6 Å². The van der Waals surface area contributed by atoms with Crippen LogP contribution < -0.4 is 16.2 Å². The zero-order chi connectivity index (χ0) is 25.8. The van der Waals surface area contributed by atoms with Gasteiger partial charge in [0.05, 0.1) is 17.6 Å². The van der Waals surface area contributed by atoms with Gasteiger partial charge < -0.3 is 25.4 Å². The molecule has 3 heterocycles. The predicted octanol–water partition coefficient (Wildman–Crippen LogP) is 3.12. The maximum absolute atomic E-state index is 13.7. The molecule has 0 amide bonds. The van der Waals surface area contributed by atoms with Crippen LogP contribution in [0.1, 0.15) is 76.7 Å². The van der Waals surface area contributed by atoms with E-state index in [0.717, 1.165) is 23.9 Å². The molecule has 1 aromatic carbocycles. The van der Waals surface area contributed by atoms with Crippen LogP contribution in [0.25, 0.3) is 11.0 Å². The number of nitrogens with one attached hydrogen (secondary N) is 2. The number of anilines is 1. The van der Waals surface area contributed by atoms with Crippen LogP contribution in [-0.4, -0.2) is 74.5 Å². The number of nitrogens with zero attached hydrogens (tertiary/aromatic N) is 3. The summed E-state index contributed by atoms with van der Waals surface area (Å²) in [7, 11) is 0. The molecule has 1 aromatic heterocycles. The highest BCUT2D eigenvalue weighted by molar-refractivity contribution is 5.76. The first kappa shape index (κ1) is 26.1. The molecule has 9 heteroatoms. The molecular weight excluding hydrogens is 470 g/mol. The fourth-order valence-electron chi connectivity index (χ4n) is 7.01. The summed E-state index contributed by atoms with van der Waals surface area (Å²) in [5, 5.41) is 24.2. The Morgan fingerprint density at radius 1 is 0.946 bits per heavy atom. The van der Waals surface area contributed by atoms with Crippen molar-refractivity contribution in [3.63, 3.8) is 0 Å². The standard InChI is InChI=1S/C28H41N5O4/c34-18-24(28(36)37)29-14-15-30-26-27(35)33(25-11-7-6-10-23(25)31-26)22-16-20-12-13-21(17-22)32(20)19-8-4-2-1-3-5-9-19/h6-7,10-11,19-22,24,29,34H,1-5,8-9,12-18H2,(H,30,31)(H,36,37)/t20-,21+,22?,24?. The fraction of sp³-hybridized carbons (Fsp3) is 0.679. The summed E-state index contributed by atoms with van der Waals surface area (Å²) in [6, 6.07) is 8.75. The molecule has 0 radical (unpaired) electrons. The zero-order valence-corrected chi connectivity index (χ0v) is 21.6. The Morgan fingerprint density at radius 3 is 2.30 bits per heavy atom.